The van der Waals surface area contributed by atoms with E-state index in [0.717, 1.165) is 37.1 Å². The summed E-state index contributed by atoms with van der Waals surface area (Å²) in [5, 5.41) is 6.83. The van der Waals surface area contributed by atoms with Crippen LogP contribution in [0, 0.1) is 11.3 Å². The molecular weight excluding hydrogens is 260 g/mol. The minimum absolute atomic E-state index is 0.461. The van der Waals surface area contributed by atoms with Gasteiger partial charge < -0.3 is 10.6 Å². The van der Waals surface area contributed by atoms with Gasteiger partial charge in [0.15, 0.2) is 0 Å². The molecule has 1 saturated carbocycles. The van der Waals surface area contributed by atoms with Gasteiger partial charge in [-0.3, -0.25) is 4.98 Å². The van der Waals surface area contributed by atoms with E-state index in [0.29, 0.717) is 5.41 Å². The molecule has 0 atom stereocenters. The van der Waals surface area contributed by atoms with Gasteiger partial charge >= 0.3 is 0 Å². The average Bonchev–Trinajstić information content (AvgIpc) is 2.91. The van der Waals surface area contributed by atoms with Crippen LogP contribution in [-0.2, 0) is 0 Å². The Bertz CT molecular complexity index is 425. The number of hydrogen-bond donors (Lipinski definition) is 2. The van der Waals surface area contributed by atoms with E-state index in [9.17, 15) is 0 Å². The van der Waals surface area contributed by atoms with E-state index in [1.165, 1.54) is 32.1 Å². The van der Waals surface area contributed by atoms with Crippen molar-refractivity contribution in [1.29, 1.82) is 0 Å². The molecule has 0 aliphatic heterocycles. The van der Waals surface area contributed by atoms with Crippen LogP contribution in [0.2, 0.25) is 0 Å². The van der Waals surface area contributed by atoms with Crippen molar-refractivity contribution >= 4 is 11.6 Å². The predicted molar refractivity (Wildman–Crippen MR) is 89.7 cm³/mol. The van der Waals surface area contributed by atoms with Crippen LogP contribution in [-0.4, -0.2) is 23.1 Å². The summed E-state index contributed by atoms with van der Waals surface area (Å²) in [5.41, 5.74) is 0.461. The molecule has 1 aliphatic rings. The van der Waals surface area contributed by atoms with E-state index in [4.69, 9.17) is 0 Å². The molecule has 0 amide bonds. The molecule has 1 aromatic rings. The van der Waals surface area contributed by atoms with Crippen molar-refractivity contribution in [2.75, 3.05) is 23.7 Å². The molecule has 118 valence electrons. The van der Waals surface area contributed by atoms with Gasteiger partial charge in [0.1, 0.15) is 11.6 Å². The lowest BCUT2D eigenvalue weighted by molar-refractivity contribution is 0.252. The molecule has 0 aromatic carbocycles. The van der Waals surface area contributed by atoms with Gasteiger partial charge in [0.2, 0.25) is 0 Å². The van der Waals surface area contributed by atoms with Gasteiger partial charge in [-0.15, -0.1) is 0 Å². The number of nitrogens with one attached hydrogen (secondary N) is 2. The molecule has 1 fully saturated rings. The van der Waals surface area contributed by atoms with Gasteiger partial charge in [0.25, 0.3) is 0 Å². The summed E-state index contributed by atoms with van der Waals surface area (Å²) in [6.07, 6.45) is 11.5. The monoisotopic (exact) mass is 290 g/mol. The van der Waals surface area contributed by atoms with Crippen molar-refractivity contribution in [3.05, 3.63) is 12.4 Å². The molecule has 4 nitrogen and oxygen atoms in total. The minimum atomic E-state index is 0.461. The fourth-order valence-corrected chi connectivity index (χ4v) is 3.51. The molecule has 0 unspecified atom stereocenters. The van der Waals surface area contributed by atoms with Crippen LogP contribution in [0.3, 0.4) is 0 Å². The third kappa shape index (κ3) is 4.87. The van der Waals surface area contributed by atoms with Crippen molar-refractivity contribution in [3.8, 4) is 0 Å². The van der Waals surface area contributed by atoms with Crippen molar-refractivity contribution in [3.63, 3.8) is 0 Å². The van der Waals surface area contributed by atoms with Crippen LogP contribution >= 0.6 is 0 Å². The van der Waals surface area contributed by atoms with Gasteiger partial charge in [-0.1, -0.05) is 33.6 Å². The Hall–Kier alpha value is -1.32. The standard InChI is InChI=1S/C17H30N4/c1-4-9-19-15-11-18-12-16(21-15)20-13-17(10-14(2)3)7-5-6-8-17/h11-12,14H,4-10,13H2,1-3H3,(H2,19,20,21). The first-order chi connectivity index (χ1) is 10.1. The summed E-state index contributed by atoms with van der Waals surface area (Å²) in [7, 11) is 0. The molecule has 1 aliphatic carbocycles. The summed E-state index contributed by atoms with van der Waals surface area (Å²) in [6, 6.07) is 0. The van der Waals surface area contributed by atoms with Crippen molar-refractivity contribution in [2.45, 2.75) is 59.3 Å². The first-order valence-corrected chi connectivity index (χ1v) is 8.43. The van der Waals surface area contributed by atoms with Gasteiger partial charge in [-0.25, -0.2) is 4.98 Å². The maximum Gasteiger partial charge on any atom is 0.146 e. The SMILES string of the molecule is CCCNc1cncc(NCC2(CC(C)C)CCCC2)n1. The number of anilines is 2. The van der Waals surface area contributed by atoms with Gasteiger partial charge in [0, 0.05) is 13.1 Å². The molecule has 4 heteroatoms. The first-order valence-electron chi connectivity index (χ1n) is 8.43. The summed E-state index contributed by atoms with van der Waals surface area (Å²) in [6.45, 7) is 8.77. The second-order valence-corrected chi connectivity index (χ2v) is 6.87. The molecular formula is C17H30N4. The molecule has 1 aromatic heterocycles. The van der Waals surface area contributed by atoms with Crippen molar-refractivity contribution in [1.82, 2.24) is 9.97 Å². The smallest absolute Gasteiger partial charge is 0.146 e. The van der Waals surface area contributed by atoms with Crippen LogP contribution in [0.1, 0.15) is 59.3 Å². The quantitative estimate of drug-likeness (QED) is 0.748. The zero-order valence-electron chi connectivity index (χ0n) is 13.8. The Morgan fingerprint density at radius 1 is 1.14 bits per heavy atom. The largest absolute Gasteiger partial charge is 0.369 e. The van der Waals surface area contributed by atoms with Crippen LogP contribution in [0.4, 0.5) is 11.6 Å². The number of nitrogens with zero attached hydrogens (tertiary/aromatic N) is 2. The second-order valence-electron chi connectivity index (χ2n) is 6.87. The van der Waals surface area contributed by atoms with Crippen molar-refractivity contribution in [2.24, 2.45) is 11.3 Å². The second kappa shape index (κ2) is 7.62. The Balaban J connectivity index is 1.94. The minimum Gasteiger partial charge on any atom is -0.369 e. The highest BCUT2D eigenvalue weighted by atomic mass is 15.1. The van der Waals surface area contributed by atoms with E-state index < -0.39 is 0 Å². The van der Waals surface area contributed by atoms with Gasteiger partial charge in [0.05, 0.1) is 12.4 Å². The lowest BCUT2D eigenvalue weighted by Crippen LogP contribution is -2.28. The van der Waals surface area contributed by atoms with E-state index in [1.54, 1.807) is 6.20 Å². The van der Waals surface area contributed by atoms with E-state index >= 15 is 0 Å². The summed E-state index contributed by atoms with van der Waals surface area (Å²) >= 11 is 0. The van der Waals surface area contributed by atoms with Crippen LogP contribution in [0.25, 0.3) is 0 Å². The third-order valence-corrected chi connectivity index (χ3v) is 4.34. The van der Waals surface area contributed by atoms with Gasteiger partial charge in [-0.05, 0) is 37.0 Å². The summed E-state index contributed by atoms with van der Waals surface area (Å²) in [5.74, 6) is 2.52. The Morgan fingerprint density at radius 3 is 2.43 bits per heavy atom. The summed E-state index contributed by atoms with van der Waals surface area (Å²) < 4.78 is 0. The number of hydrogen-bond acceptors (Lipinski definition) is 4. The Morgan fingerprint density at radius 2 is 1.81 bits per heavy atom. The van der Waals surface area contributed by atoms with Crippen LogP contribution < -0.4 is 10.6 Å². The van der Waals surface area contributed by atoms with E-state index in [1.807, 2.05) is 6.20 Å². The van der Waals surface area contributed by atoms with Crippen LogP contribution in [0.5, 0.6) is 0 Å². The highest BCUT2D eigenvalue weighted by molar-refractivity contribution is 5.41. The summed E-state index contributed by atoms with van der Waals surface area (Å²) in [4.78, 5) is 8.88. The molecule has 1 heterocycles. The lowest BCUT2D eigenvalue weighted by atomic mass is 9.78. The Kier molecular flexibility index (Phi) is 5.83. The average molecular weight is 290 g/mol. The predicted octanol–water partition coefficient (Wildman–Crippen LogP) is 4.32. The number of aromatic nitrogens is 2. The van der Waals surface area contributed by atoms with Crippen LogP contribution in [0.15, 0.2) is 12.4 Å². The molecule has 2 rings (SSSR count). The maximum atomic E-state index is 4.60. The molecule has 0 radical (unpaired) electrons. The highest BCUT2D eigenvalue weighted by Crippen LogP contribution is 2.43. The molecule has 2 N–H and O–H groups in total. The van der Waals surface area contributed by atoms with E-state index in [-0.39, 0.29) is 0 Å². The third-order valence-electron chi connectivity index (χ3n) is 4.34. The topological polar surface area (TPSA) is 49.8 Å². The molecule has 0 bridgehead atoms. The van der Waals surface area contributed by atoms with Gasteiger partial charge in [-0.2, -0.15) is 0 Å². The zero-order chi connectivity index (χ0) is 15.1. The Labute approximate surface area is 129 Å². The van der Waals surface area contributed by atoms with E-state index in [2.05, 4.69) is 41.4 Å². The zero-order valence-corrected chi connectivity index (χ0v) is 13.8. The lowest BCUT2D eigenvalue weighted by Gasteiger charge is -2.31. The molecule has 0 spiro atoms. The molecule has 0 saturated heterocycles. The highest BCUT2D eigenvalue weighted by Gasteiger charge is 2.34. The normalized spacial score (nSPS) is 17.1. The molecule has 21 heavy (non-hydrogen) atoms. The fourth-order valence-electron chi connectivity index (χ4n) is 3.51. The van der Waals surface area contributed by atoms with Crippen molar-refractivity contribution < 1.29 is 0 Å². The maximum absolute atomic E-state index is 4.60. The first kappa shape index (κ1) is 16.1. The number of rotatable bonds is 8. The fraction of sp³-hybridized carbons (Fsp3) is 0.765.